The lowest BCUT2D eigenvalue weighted by molar-refractivity contribution is 0.0942. The Kier molecular flexibility index (Phi) is 5.13. The number of rotatable bonds is 5. The number of carbonyl (C=O) groups is 1. The normalized spacial score (nSPS) is 12.1. The number of aliphatic hydroxyl groups excluding tert-OH is 1. The van der Waals surface area contributed by atoms with Crippen LogP contribution < -0.4 is 5.32 Å². The number of hydrogen-bond donors (Lipinski definition) is 2. The van der Waals surface area contributed by atoms with Gasteiger partial charge >= 0.3 is 0 Å². The SMILES string of the molecule is O=C(NCCC(O)c1ccsc1)c1ccc(Br)cc1. The van der Waals surface area contributed by atoms with Crippen molar-refractivity contribution in [3.05, 3.63) is 56.7 Å². The highest BCUT2D eigenvalue weighted by atomic mass is 79.9. The summed E-state index contributed by atoms with van der Waals surface area (Å²) in [6.45, 7) is 0.450. The third-order valence-electron chi connectivity index (χ3n) is 2.74. The van der Waals surface area contributed by atoms with Gasteiger partial charge in [0.15, 0.2) is 0 Å². The molecule has 0 saturated heterocycles. The number of thiophene rings is 1. The Labute approximate surface area is 124 Å². The molecule has 1 heterocycles. The van der Waals surface area contributed by atoms with Crippen molar-refractivity contribution < 1.29 is 9.90 Å². The number of amides is 1. The van der Waals surface area contributed by atoms with Gasteiger partial charge in [-0.15, -0.1) is 0 Å². The van der Waals surface area contributed by atoms with Crippen LogP contribution in [0.1, 0.15) is 28.4 Å². The van der Waals surface area contributed by atoms with Gasteiger partial charge in [-0.25, -0.2) is 0 Å². The van der Waals surface area contributed by atoms with Crippen molar-refractivity contribution in [3.63, 3.8) is 0 Å². The molecule has 5 heteroatoms. The Bertz CT molecular complexity index is 525. The number of hydrogen-bond acceptors (Lipinski definition) is 3. The first-order valence-electron chi connectivity index (χ1n) is 5.91. The van der Waals surface area contributed by atoms with Gasteiger partial charge in [0.2, 0.25) is 0 Å². The van der Waals surface area contributed by atoms with Crippen LogP contribution in [0.5, 0.6) is 0 Å². The third kappa shape index (κ3) is 4.16. The van der Waals surface area contributed by atoms with E-state index in [-0.39, 0.29) is 5.91 Å². The molecule has 0 saturated carbocycles. The summed E-state index contributed by atoms with van der Waals surface area (Å²) < 4.78 is 0.942. The Balaban J connectivity index is 1.79. The summed E-state index contributed by atoms with van der Waals surface area (Å²) in [5.74, 6) is -0.120. The molecule has 0 aliphatic rings. The van der Waals surface area contributed by atoms with Crippen LogP contribution in [0, 0.1) is 0 Å². The van der Waals surface area contributed by atoms with Crippen LogP contribution in [-0.4, -0.2) is 17.6 Å². The summed E-state index contributed by atoms with van der Waals surface area (Å²) >= 11 is 4.88. The summed E-state index contributed by atoms with van der Waals surface area (Å²) in [5, 5.41) is 16.5. The first kappa shape index (κ1) is 14.2. The predicted octanol–water partition coefficient (Wildman–Crippen LogP) is 3.36. The van der Waals surface area contributed by atoms with Gasteiger partial charge in [0.05, 0.1) is 6.10 Å². The molecule has 1 unspecified atom stereocenters. The van der Waals surface area contributed by atoms with Crippen LogP contribution in [0.25, 0.3) is 0 Å². The lowest BCUT2D eigenvalue weighted by Gasteiger charge is -2.10. The van der Waals surface area contributed by atoms with Gasteiger partial charge in [0, 0.05) is 16.6 Å². The van der Waals surface area contributed by atoms with Gasteiger partial charge < -0.3 is 10.4 Å². The van der Waals surface area contributed by atoms with Crippen LogP contribution in [0.2, 0.25) is 0 Å². The van der Waals surface area contributed by atoms with E-state index in [1.165, 1.54) is 0 Å². The zero-order valence-corrected chi connectivity index (χ0v) is 12.6. The number of benzene rings is 1. The highest BCUT2D eigenvalue weighted by molar-refractivity contribution is 9.10. The average molecular weight is 340 g/mol. The van der Waals surface area contributed by atoms with Crippen LogP contribution in [0.4, 0.5) is 0 Å². The van der Waals surface area contributed by atoms with Crippen LogP contribution >= 0.6 is 27.3 Å². The van der Waals surface area contributed by atoms with Crippen molar-refractivity contribution in [2.24, 2.45) is 0 Å². The Morgan fingerprint density at radius 1 is 1.32 bits per heavy atom. The largest absolute Gasteiger partial charge is 0.388 e. The summed E-state index contributed by atoms with van der Waals surface area (Å²) in [5.41, 5.74) is 1.52. The molecular formula is C14H14BrNO2S. The van der Waals surface area contributed by atoms with Crippen LogP contribution in [-0.2, 0) is 0 Å². The molecule has 0 aliphatic heterocycles. The van der Waals surface area contributed by atoms with Crippen LogP contribution in [0.15, 0.2) is 45.6 Å². The maximum atomic E-state index is 11.8. The van der Waals surface area contributed by atoms with Gasteiger partial charge in [-0.1, -0.05) is 15.9 Å². The molecule has 0 radical (unpaired) electrons. The third-order valence-corrected chi connectivity index (χ3v) is 3.97. The molecule has 1 aromatic carbocycles. The lowest BCUT2D eigenvalue weighted by atomic mass is 10.1. The summed E-state index contributed by atoms with van der Waals surface area (Å²) in [6.07, 6.45) is -0.00426. The molecule has 2 aromatic rings. The molecule has 2 N–H and O–H groups in total. The molecule has 0 fully saturated rings. The van der Waals surface area contributed by atoms with E-state index in [2.05, 4.69) is 21.2 Å². The van der Waals surface area contributed by atoms with Gasteiger partial charge in [-0.2, -0.15) is 11.3 Å². The number of carbonyl (C=O) groups excluding carboxylic acids is 1. The zero-order valence-electron chi connectivity index (χ0n) is 10.2. The van der Waals surface area contributed by atoms with Gasteiger partial charge in [-0.3, -0.25) is 4.79 Å². The van der Waals surface area contributed by atoms with Crippen molar-refractivity contribution in [3.8, 4) is 0 Å². The second-order valence-corrected chi connectivity index (χ2v) is 5.82. The second kappa shape index (κ2) is 6.84. The molecule has 0 bridgehead atoms. The van der Waals surface area contributed by atoms with Gasteiger partial charge in [-0.05, 0) is 53.1 Å². The molecule has 0 spiro atoms. The molecule has 1 atom stereocenters. The molecule has 3 nitrogen and oxygen atoms in total. The van der Waals surface area contributed by atoms with Crippen LogP contribution in [0.3, 0.4) is 0 Å². The van der Waals surface area contributed by atoms with E-state index >= 15 is 0 Å². The highest BCUT2D eigenvalue weighted by Gasteiger charge is 2.09. The van der Waals surface area contributed by atoms with E-state index in [4.69, 9.17) is 0 Å². The summed E-state index contributed by atoms with van der Waals surface area (Å²) in [7, 11) is 0. The van der Waals surface area contributed by atoms with Crippen molar-refractivity contribution in [2.45, 2.75) is 12.5 Å². The predicted molar refractivity (Wildman–Crippen MR) is 80.4 cm³/mol. The smallest absolute Gasteiger partial charge is 0.251 e. The van der Waals surface area contributed by atoms with Crippen molar-refractivity contribution in [2.75, 3.05) is 6.54 Å². The Morgan fingerprint density at radius 3 is 2.68 bits per heavy atom. The second-order valence-electron chi connectivity index (χ2n) is 4.12. The van der Waals surface area contributed by atoms with E-state index in [0.29, 0.717) is 18.5 Å². The summed E-state index contributed by atoms with van der Waals surface area (Å²) in [6, 6.07) is 9.07. The first-order chi connectivity index (χ1) is 9.16. The number of nitrogens with one attached hydrogen (secondary N) is 1. The molecule has 100 valence electrons. The van der Waals surface area contributed by atoms with Crippen molar-refractivity contribution in [1.82, 2.24) is 5.32 Å². The fourth-order valence-corrected chi connectivity index (χ4v) is 2.63. The van der Waals surface area contributed by atoms with Crippen molar-refractivity contribution >= 4 is 33.2 Å². The quantitative estimate of drug-likeness (QED) is 0.877. The minimum absolute atomic E-state index is 0.120. The average Bonchev–Trinajstić information content (AvgIpc) is 2.93. The Hall–Kier alpha value is -1.17. The fraction of sp³-hybridized carbons (Fsp3) is 0.214. The van der Waals surface area contributed by atoms with E-state index in [1.54, 1.807) is 23.5 Å². The standard InChI is InChI=1S/C14H14BrNO2S/c15-12-3-1-10(2-4-12)14(18)16-7-5-13(17)11-6-8-19-9-11/h1-4,6,8-9,13,17H,5,7H2,(H,16,18). The molecule has 1 amide bonds. The minimum Gasteiger partial charge on any atom is -0.388 e. The van der Waals surface area contributed by atoms with E-state index in [1.807, 2.05) is 29.0 Å². The molecule has 2 rings (SSSR count). The zero-order chi connectivity index (χ0) is 13.7. The maximum absolute atomic E-state index is 11.8. The van der Waals surface area contributed by atoms with Gasteiger partial charge in [0.25, 0.3) is 5.91 Å². The molecule has 1 aromatic heterocycles. The van der Waals surface area contributed by atoms with Gasteiger partial charge in [0.1, 0.15) is 0 Å². The molecule has 0 aliphatic carbocycles. The topological polar surface area (TPSA) is 49.3 Å². The van der Waals surface area contributed by atoms with E-state index < -0.39 is 6.10 Å². The van der Waals surface area contributed by atoms with Crippen molar-refractivity contribution in [1.29, 1.82) is 0 Å². The highest BCUT2D eigenvalue weighted by Crippen LogP contribution is 2.18. The number of halogens is 1. The molecule has 19 heavy (non-hydrogen) atoms. The first-order valence-corrected chi connectivity index (χ1v) is 7.64. The molecular weight excluding hydrogens is 326 g/mol. The lowest BCUT2D eigenvalue weighted by Crippen LogP contribution is -2.25. The monoisotopic (exact) mass is 339 g/mol. The minimum atomic E-state index is -0.517. The maximum Gasteiger partial charge on any atom is 0.251 e. The van der Waals surface area contributed by atoms with E-state index in [0.717, 1.165) is 10.0 Å². The fourth-order valence-electron chi connectivity index (χ4n) is 1.66. The number of aliphatic hydroxyl groups is 1. The summed E-state index contributed by atoms with van der Waals surface area (Å²) in [4.78, 5) is 11.8. The Morgan fingerprint density at radius 2 is 2.05 bits per heavy atom. The van der Waals surface area contributed by atoms with E-state index in [9.17, 15) is 9.90 Å².